The molecule has 0 bridgehead atoms. The molecule has 22 heavy (non-hydrogen) atoms. The average molecular weight is 321 g/mol. The van der Waals surface area contributed by atoms with Crippen molar-refractivity contribution in [3.05, 3.63) is 64.4 Å². The smallest absolute Gasteiger partial charge is 0.271 e. The van der Waals surface area contributed by atoms with Crippen LogP contribution in [0.25, 0.3) is 0 Å². The third-order valence-electron chi connectivity index (χ3n) is 2.73. The van der Waals surface area contributed by atoms with Crippen LogP contribution in [0.4, 0.5) is 4.39 Å². The molecule has 2 aromatic rings. The molecule has 0 saturated heterocycles. The van der Waals surface area contributed by atoms with Gasteiger partial charge < -0.3 is 4.74 Å². The van der Waals surface area contributed by atoms with Gasteiger partial charge in [-0.05, 0) is 43.3 Å². The first-order chi connectivity index (χ1) is 10.6. The van der Waals surface area contributed by atoms with Crippen molar-refractivity contribution in [2.45, 2.75) is 6.92 Å². The summed E-state index contributed by atoms with van der Waals surface area (Å²) in [4.78, 5) is 11.8. The minimum Gasteiger partial charge on any atom is -0.493 e. The van der Waals surface area contributed by atoms with E-state index in [1.165, 1.54) is 24.4 Å². The molecule has 2 rings (SSSR count). The number of nitrogens with one attached hydrogen (secondary N) is 1. The van der Waals surface area contributed by atoms with Gasteiger partial charge >= 0.3 is 0 Å². The van der Waals surface area contributed by atoms with Crippen LogP contribution in [0.15, 0.2) is 47.6 Å². The lowest BCUT2D eigenvalue weighted by Crippen LogP contribution is -2.17. The lowest BCUT2D eigenvalue weighted by atomic mass is 10.2. The second kappa shape index (κ2) is 7.56. The summed E-state index contributed by atoms with van der Waals surface area (Å²) in [7, 11) is 0. The van der Waals surface area contributed by atoms with E-state index < -0.39 is 11.7 Å². The molecule has 0 heterocycles. The van der Waals surface area contributed by atoms with Crippen LogP contribution in [-0.4, -0.2) is 18.7 Å². The molecule has 6 heteroatoms. The summed E-state index contributed by atoms with van der Waals surface area (Å²) in [6, 6.07) is 10.5. The van der Waals surface area contributed by atoms with E-state index in [4.69, 9.17) is 16.3 Å². The third kappa shape index (κ3) is 4.30. The Morgan fingerprint density at radius 3 is 2.91 bits per heavy atom. The van der Waals surface area contributed by atoms with Gasteiger partial charge in [-0.2, -0.15) is 5.10 Å². The number of amides is 1. The maximum absolute atomic E-state index is 13.0. The van der Waals surface area contributed by atoms with E-state index in [0.717, 1.165) is 6.07 Å². The van der Waals surface area contributed by atoms with E-state index in [9.17, 15) is 9.18 Å². The Morgan fingerprint density at radius 1 is 1.36 bits per heavy atom. The molecular weight excluding hydrogens is 307 g/mol. The zero-order valence-corrected chi connectivity index (χ0v) is 12.6. The van der Waals surface area contributed by atoms with E-state index >= 15 is 0 Å². The fraction of sp³-hybridized carbons (Fsp3) is 0.125. The number of carbonyl (C=O) groups is 1. The molecule has 4 nitrogen and oxygen atoms in total. The van der Waals surface area contributed by atoms with Crippen molar-refractivity contribution >= 4 is 23.7 Å². The highest BCUT2D eigenvalue weighted by Crippen LogP contribution is 2.21. The normalized spacial score (nSPS) is 10.7. The second-order valence-corrected chi connectivity index (χ2v) is 4.76. The van der Waals surface area contributed by atoms with Crippen LogP contribution in [0.5, 0.6) is 5.75 Å². The predicted octanol–water partition coefficient (Wildman–Crippen LogP) is 3.64. The van der Waals surface area contributed by atoms with Crippen molar-refractivity contribution in [2.24, 2.45) is 5.10 Å². The van der Waals surface area contributed by atoms with E-state index in [0.29, 0.717) is 22.9 Å². The first-order valence-corrected chi connectivity index (χ1v) is 6.99. The van der Waals surface area contributed by atoms with Gasteiger partial charge in [0, 0.05) is 16.1 Å². The highest BCUT2D eigenvalue weighted by atomic mass is 35.5. The molecule has 0 saturated carbocycles. The molecule has 0 unspecified atom stereocenters. The first-order valence-electron chi connectivity index (χ1n) is 6.61. The van der Waals surface area contributed by atoms with Crippen LogP contribution in [0, 0.1) is 5.82 Å². The molecule has 0 spiro atoms. The number of hydrazone groups is 1. The summed E-state index contributed by atoms with van der Waals surface area (Å²) < 4.78 is 18.5. The van der Waals surface area contributed by atoms with Crippen molar-refractivity contribution in [1.29, 1.82) is 0 Å². The Balaban J connectivity index is 2.09. The number of halogens is 2. The van der Waals surface area contributed by atoms with Gasteiger partial charge in [0.1, 0.15) is 11.6 Å². The minimum atomic E-state index is -0.504. The summed E-state index contributed by atoms with van der Waals surface area (Å²) in [6.07, 6.45) is 1.42. The van der Waals surface area contributed by atoms with Crippen LogP contribution in [0.1, 0.15) is 22.8 Å². The lowest BCUT2D eigenvalue weighted by molar-refractivity contribution is 0.0954. The predicted molar refractivity (Wildman–Crippen MR) is 84.1 cm³/mol. The Morgan fingerprint density at radius 2 is 2.18 bits per heavy atom. The van der Waals surface area contributed by atoms with Gasteiger partial charge in [0.05, 0.1) is 12.8 Å². The standard InChI is InChI=1S/C16H14ClFN2O2/c1-2-22-15-7-6-13(17)8-12(15)10-19-20-16(21)11-4-3-5-14(18)9-11/h3-10H,2H2,1H3,(H,20,21)/b19-10-. The number of benzene rings is 2. The summed E-state index contributed by atoms with van der Waals surface area (Å²) in [5.74, 6) is -0.378. The molecule has 0 fully saturated rings. The summed E-state index contributed by atoms with van der Waals surface area (Å²) >= 11 is 5.93. The number of hydrogen-bond donors (Lipinski definition) is 1. The molecule has 0 aliphatic heterocycles. The van der Waals surface area contributed by atoms with Gasteiger partial charge in [0.2, 0.25) is 0 Å². The average Bonchev–Trinajstić information content (AvgIpc) is 2.50. The van der Waals surface area contributed by atoms with Crippen molar-refractivity contribution in [2.75, 3.05) is 6.61 Å². The Labute approximate surface area is 132 Å². The molecule has 0 aliphatic rings. The van der Waals surface area contributed by atoms with Gasteiger partial charge in [-0.1, -0.05) is 17.7 Å². The van der Waals surface area contributed by atoms with Gasteiger partial charge in [0.15, 0.2) is 0 Å². The van der Waals surface area contributed by atoms with E-state index in [1.807, 2.05) is 6.92 Å². The molecule has 0 atom stereocenters. The fourth-order valence-electron chi connectivity index (χ4n) is 1.76. The zero-order valence-electron chi connectivity index (χ0n) is 11.8. The maximum atomic E-state index is 13.0. The molecular formula is C16H14ClFN2O2. The fourth-order valence-corrected chi connectivity index (χ4v) is 1.94. The van der Waals surface area contributed by atoms with Crippen LogP contribution in [-0.2, 0) is 0 Å². The van der Waals surface area contributed by atoms with Gasteiger partial charge in [0.25, 0.3) is 5.91 Å². The molecule has 0 aliphatic carbocycles. The number of carbonyl (C=O) groups excluding carboxylic acids is 1. The third-order valence-corrected chi connectivity index (χ3v) is 2.96. The van der Waals surface area contributed by atoms with Crippen molar-refractivity contribution in [3.8, 4) is 5.75 Å². The van der Waals surface area contributed by atoms with Crippen LogP contribution in [0.2, 0.25) is 5.02 Å². The topological polar surface area (TPSA) is 50.7 Å². The number of hydrogen-bond acceptors (Lipinski definition) is 3. The molecule has 0 radical (unpaired) electrons. The number of rotatable bonds is 5. The van der Waals surface area contributed by atoms with E-state index in [-0.39, 0.29) is 5.56 Å². The van der Waals surface area contributed by atoms with Gasteiger partial charge in [-0.3, -0.25) is 4.79 Å². The quantitative estimate of drug-likeness (QED) is 0.675. The Hall–Kier alpha value is -2.40. The van der Waals surface area contributed by atoms with Gasteiger partial charge in [-0.25, -0.2) is 9.82 Å². The Bertz CT molecular complexity index is 704. The highest BCUT2D eigenvalue weighted by molar-refractivity contribution is 6.30. The van der Waals surface area contributed by atoms with Crippen LogP contribution >= 0.6 is 11.6 Å². The molecule has 2 aromatic carbocycles. The maximum Gasteiger partial charge on any atom is 0.271 e. The van der Waals surface area contributed by atoms with Crippen molar-refractivity contribution in [3.63, 3.8) is 0 Å². The first kappa shape index (κ1) is 16.0. The van der Waals surface area contributed by atoms with Crippen molar-refractivity contribution in [1.82, 2.24) is 5.43 Å². The van der Waals surface area contributed by atoms with Crippen LogP contribution < -0.4 is 10.2 Å². The van der Waals surface area contributed by atoms with E-state index in [2.05, 4.69) is 10.5 Å². The molecule has 0 aromatic heterocycles. The van der Waals surface area contributed by atoms with Crippen molar-refractivity contribution < 1.29 is 13.9 Å². The SMILES string of the molecule is CCOc1ccc(Cl)cc1/C=N\NC(=O)c1cccc(F)c1. The molecule has 114 valence electrons. The molecule has 1 N–H and O–H groups in total. The van der Waals surface area contributed by atoms with Gasteiger partial charge in [-0.15, -0.1) is 0 Å². The largest absolute Gasteiger partial charge is 0.493 e. The lowest BCUT2D eigenvalue weighted by Gasteiger charge is -2.07. The second-order valence-electron chi connectivity index (χ2n) is 4.32. The minimum absolute atomic E-state index is 0.188. The zero-order chi connectivity index (χ0) is 15.9. The summed E-state index contributed by atoms with van der Waals surface area (Å²) in [6.45, 7) is 2.36. The monoisotopic (exact) mass is 320 g/mol. The summed E-state index contributed by atoms with van der Waals surface area (Å²) in [5.41, 5.74) is 3.15. The number of nitrogens with zero attached hydrogens (tertiary/aromatic N) is 1. The Kier molecular flexibility index (Phi) is 5.49. The number of ether oxygens (including phenoxy) is 1. The molecule has 1 amide bonds. The van der Waals surface area contributed by atoms with Crippen LogP contribution in [0.3, 0.4) is 0 Å². The van der Waals surface area contributed by atoms with E-state index in [1.54, 1.807) is 18.2 Å². The highest BCUT2D eigenvalue weighted by Gasteiger charge is 2.05. The summed E-state index contributed by atoms with van der Waals surface area (Å²) in [5, 5.41) is 4.38.